The minimum Gasteiger partial charge on any atom is -0.382 e. The Bertz CT molecular complexity index is 530. The number of aromatic nitrogens is 2. The zero-order chi connectivity index (χ0) is 14.9. The Morgan fingerprint density at radius 1 is 1.24 bits per heavy atom. The number of hydrogen-bond donors (Lipinski definition) is 2. The zero-order valence-electron chi connectivity index (χ0n) is 12.3. The number of nitrogens with one attached hydrogen (secondary N) is 1. The van der Waals surface area contributed by atoms with Crippen LogP contribution in [-0.2, 0) is 4.74 Å². The van der Waals surface area contributed by atoms with Crippen molar-refractivity contribution in [2.75, 3.05) is 30.8 Å². The SMILES string of the molecule is CCCCOCCCNc1snc(N)c1-c1ccncc1. The van der Waals surface area contributed by atoms with Crippen LogP contribution in [0.2, 0.25) is 0 Å². The van der Waals surface area contributed by atoms with Crippen molar-refractivity contribution in [1.29, 1.82) is 0 Å². The molecule has 0 aliphatic heterocycles. The molecule has 2 rings (SSSR count). The number of unbranched alkanes of at least 4 members (excludes halogenated alkanes) is 1. The lowest BCUT2D eigenvalue weighted by Gasteiger charge is -2.07. The summed E-state index contributed by atoms with van der Waals surface area (Å²) in [7, 11) is 0. The summed E-state index contributed by atoms with van der Waals surface area (Å²) >= 11 is 1.40. The summed E-state index contributed by atoms with van der Waals surface area (Å²) in [4.78, 5) is 4.03. The molecule has 0 aliphatic carbocycles. The summed E-state index contributed by atoms with van der Waals surface area (Å²) in [5, 5.41) is 4.41. The van der Waals surface area contributed by atoms with Crippen LogP contribution in [-0.4, -0.2) is 29.1 Å². The van der Waals surface area contributed by atoms with Crippen LogP contribution in [0.25, 0.3) is 11.1 Å². The van der Waals surface area contributed by atoms with Gasteiger partial charge in [0.05, 0.1) is 5.56 Å². The Morgan fingerprint density at radius 3 is 2.76 bits per heavy atom. The molecule has 0 atom stereocenters. The first kappa shape index (κ1) is 15.7. The fourth-order valence-corrected chi connectivity index (χ4v) is 2.71. The number of nitrogen functional groups attached to an aromatic ring is 1. The average molecular weight is 306 g/mol. The molecule has 0 bridgehead atoms. The van der Waals surface area contributed by atoms with E-state index in [1.54, 1.807) is 12.4 Å². The molecular weight excluding hydrogens is 284 g/mol. The second kappa shape index (κ2) is 8.59. The van der Waals surface area contributed by atoms with Gasteiger partial charge in [-0.05, 0) is 42.1 Å². The largest absolute Gasteiger partial charge is 0.382 e. The Morgan fingerprint density at radius 2 is 2.00 bits per heavy atom. The predicted octanol–water partition coefficient (Wildman–Crippen LogP) is 3.41. The molecule has 3 N–H and O–H groups in total. The van der Waals surface area contributed by atoms with Crippen LogP contribution in [0.5, 0.6) is 0 Å². The molecule has 2 heterocycles. The Kier molecular flexibility index (Phi) is 6.43. The number of ether oxygens (including phenoxy) is 1. The summed E-state index contributed by atoms with van der Waals surface area (Å²) in [5.41, 5.74) is 7.98. The van der Waals surface area contributed by atoms with Gasteiger partial charge in [-0.25, -0.2) is 0 Å². The van der Waals surface area contributed by atoms with Gasteiger partial charge in [0.1, 0.15) is 10.8 Å². The number of nitrogens with two attached hydrogens (primary N) is 1. The molecule has 0 spiro atoms. The first-order valence-electron chi connectivity index (χ1n) is 7.30. The van der Waals surface area contributed by atoms with Crippen LogP contribution in [0.15, 0.2) is 24.5 Å². The van der Waals surface area contributed by atoms with Crippen LogP contribution in [0.1, 0.15) is 26.2 Å². The fourth-order valence-electron chi connectivity index (χ4n) is 1.95. The molecule has 0 radical (unpaired) electrons. The first-order chi connectivity index (χ1) is 10.3. The zero-order valence-corrected chi connectivity index (χ0v) is 13.2. The lowest BCUT2D eigenvalue weighted by atomic mass is 10.1. The molecule has 0 aliphatic rings. The van der Waals surface area contributed by atoms with Crippen molar-refractivity contribution >= 4 is 22.4 Å². The van der Waals surface area contributed by atoms with Gasteiger partial charge in [0.25, 0.3) is 0 Å². The second-order valence-electron chi connectivity index (χ2n) is 4.75. The molecule has 0 unspecified atom stereocenters. The molecule has 0 fully saturated rings. The molecule has 0 saturated carbocycles. The standard InChI is InChI=1S/C15H22N4OS/c1-2-3-10-20-11-4-7-18-15-13(14(16)19-21-15)12-5-8-17-9-6-12/h5-6,8-9,18H,2-4,7,10-11H2,1H3,(H2,16,19). The molecule has 0 saturated heterocycles. The second-order valence-corrected chi connectivity index (χ2v) is 5.53. The lowest BCUT2D eigenvalue weighted by molar-refractivity contribution is 0.131. The van der Waals surface area contributed by atoms with Crippen LogP contribution in [0, 0.1) is 0 Å². The Labute approximate surface area is 129 Å². The van der Waals surface area contributed by atoms with E-state index in [0.717, 1.165) is 48.7 Å². The van der Waals surface area contributed by atoms with Gasteiger partial charge >= 0.3 is 0 Å². The van der Waals surface area contributed by atoms with Crippen LogP contribution >= 0.6 is 11.5 Å². The summed E-state index contributed by atoms with van der Waals surface area (Å²) in [5.74, 6) is 0.563. The van der Waals surface area contributed by atoms with Gasteiger partial charge in [0.15, 0.2) is 0 Å². The highest BCUT2D eigenvalue weighted by Gasteiger charge is 2.12. The van der Waals surface area contributed by atoms with Gasteiger partial charge < -0.3 is 15.8 Å². The highest BCUT2D eigenvalue weighted by Crippen LogP contribution is 2.36. The maximum atomic E-state index is 5.97. The van der Waals surface area contributed by atoms with E-state index < -0.39 is 0 Å². The predicted molar refractivity (Wildman–Crippen MR) is 88.6 cm³/mol. The van der Waals surface area contributed by atoms with E-state index in [1.807, 2.05) is 12.1 Å². The number of hydrogen-bond acceptors (Lipinski definition) is 6. The van der Waals surface area contributed by atoms with Crippen molar-refractivity contribution in [3.63, 3.8) is 0 Å². The van der Waals surface area contributed by atoms with E-state index >= 15 is 0 Å². The van der Waals surface area contributed by atoms with E-state index in [9.17, 15) is 0 Å². The van der Waals surface area contributed by atoms with E-state index in [4.69, 9.17) is 10.5 Å². The van der Waals surface area contributed by atoms with Crippen LogP contribution < -0.4 is 11.1 Å². The average Bonchev–Trinajstić information content (AvgIpc) is 2.88. The van der Waals surface area contributed by atoms with Gasteiger partial charge in [-0.1, -0.05) is 13.3 Å². The van der Waals surface area contributed by atoms with E-state index in [2.05, 4.69) is 21.6 Å². The molecule has 0 amide bonds. The van der Waals surface area contributed by atoms with Crippen molar-refractivity contribution < 1.29 is 4.74 Å². The maximum Gasteiger partial charge on any atom is 0.147 e. The summed E-state index contributed by atoms with van der Waals surface area (Å²) in [6, 6.07) is 3.89. The number of rotatable bonds is 9. The highest BCUT2D eigenvalue weighted by atomic mass is 32.1. The quantitative estimate of drug-likeness (QED) is 0.695. The van der Waals surface area contributed by atoms with Gasteiger partial charge in [-0.2, -0.15) is 4.37 Å². The van der Waals surface area contributed by atoms with Gasteiger partial charge in [-0.3, -0.25) is 4.98 Å². The molecule has 2 aromatic heterocycles. The topological polar surface area (TPSA) is 73.1 Å². The lowest BCUT2D eigenvalue weighted by Crippen LogP contribution is -2.06. The Hall–Kier alpha value is -1.66. The number of nitrogens with zero attached hydrogens (tertiary/aromatic N) is 2. The van der Waals surface area contributed by atoms with E-state index in [-0.39, 0.29) is 0 Å². The molecule has 2 aromatic rings. The summed E-state index contributed by atoms with van der Waals surface area (Å²) in [6.07, 6.45) is 6.80. The third-order valence-electron chi connectivity index (χ3n) is 3.08. The monoisotopic (exact) mass is 306 g/mol. The fraction of sp³-hybridized carbons (Fsp3) is 0.467. The van der Waals surface area contributed by atoms with Crippen molar-refractivity contribution in [1.82, 2.24) is 9.36 Å². The highest BCUT2D eigenvalue weighted by molar-refractivity contribution is 7.11. The normalized spacial score (nSPS) is 10.7. The summed E-state index contributed by atoms with van der Waals surface area (Å²) < 4.78 is 9.78. The smallest absolute Gasteiger partial charge is 0.147 e. The first-order valence-corrected chi connectivity index (χ1v) is 8.07. The third kappa shape index (κ3) is 4.68. The minimum absolute atomic E-state index is 0.563. The molecular formula is C15H22N4OS. The summed E-state index contributed by atoms with van der Waals surface area (Å²) in [6.45, 7) is 4.66. The number of pyridine rings is 1. The van der Waals surface area contributed by atoms with E-state index in [0.29, 0.717) is 5.82 Å². The Balaban J connectivity index is 1.84. The van der Waals surface area contributed by atoms with Crippen molar-refractivity contribution in [2.24, 2.45) is 0 Å². The van der Waals surface area contributed by atoms with Gasteiger partial charge in [0.2, 0.25) is 0 Å². The molecule has 0 aromatic carbocycles. The minimum atomic E-state index is 0.563. The molecule has 5 nitrogen and oxygen atoms in total. The molecule has 21 heavy (non-hydrogen) atoms. The van der Waals surface area contributed by atoms with E-state index in [1.165, 1.54) is 18.0 Å². The molecule has 6 heteroatoms. The third-order valence-corrected chi connectivity index (χ3v) is 3.90. The van der Waals surface area contributed by atoms with Crippen molar-refractivity contribution in [3.05, 3.63) is 24.5 Å². The van der Waals surface area contributed by atoms with Crippen LogP contribution in [0.3, 0.4) is 0 Å². The van der Waals surface area contributed by atoms with Gasteiger partial charge in [0, 0.05) is 32.2 Å². The van der Waals surface area contributed by atoms with Gasteiger partial charge in [-0.15, -0.1) is 0 Å². The number of anilines is 2. The molecule has 114 valence electrons. The maximum absolute atomic E-state index is 5.97. The van der Waals surface area contributed by atoms with Crippen LogP contribution in [0.4, 0.5) is 10.8 Å². The van der Waals surface area contributed by atoms with Crippen molar-refractivity contribution in [2.45, 2.75) is 26.2 Å². The van der Waals surface area contributed by atoms with Crippen molar-refractivity contribution in [3.8, 4) is 11.1 Å².